The molecule has 1 saturated carbocycles. The normalized spacial score (nSPS) is 14.7. The van der Waals surface area contributed by atoms with Crippen molar-refractivity contribution in [1.82, 2.24) is 29.4 Å². The van der Waals surface area contributed by atoms with E-state index >= 15 is 0 Å². The predicted octanol–water partition coefficient (Wildman–Crippen LogP) is 2.06. The minimum absolute atomic E-state index is 0.0382. The standard InChI is InChI=1S/C22H28N6O3S/c1-26(2)19(30)14-32-22-25-24-21-27(13-12-18(29)23-15-8-4-3-5-9-15)20(31)16-10-6-7-11-17(16)28(21)22/h6-7,10-11,15H,3-5,8-9,12-14H2,1-2H3,(H,23,29). The van der Waals surface area contributed by atoms with Gasteiger partial charge in [0.1, 0.15) is 0 Å². The van der Waals surface area contributed by atoms with Crippen LogP contribution in [0.15, 0.2) is 34.2 Å². The highest BCUT2D eigenvalue weighted by Crippen LogP contribution is 2.22. The zero-order chi connectivity index (χ0) is 22.7. The molecule has 1 N–H and O–H groups in total. The van der Waals surface area contributed by atoms with E-state index in [-0.39, 0.29) is 42.1 Å². The van der Waals surface area contributed by atoms with E-state index in [1.54, 1.807) is 24.6 Å². The van der Waals surface area contributed by atoms with Gasteiger partial charge in [-0.3, -0.25) is 23.4 Å². The Morgan fingerprint density at radius 3 is 2.66 bits per heavy atom. The van der Waals surface area contributed by atoms with E-state index < -0.39 is 0 Å². The number of aromatic nitrogens is 4. The molecule has 0 bridgehead atoms. The van der Waals surface area contributed by atoms with Crippen LogP contribution in [-0.4, -0.2) is 61.8 Å². The van der Waals surface area contributed by atoms with Gasteiger partial charge in [0.25, 0.3) is 5.56 Å². The lowest BCUT2D eigenvalue weighted by molar-refractivity contribution is -0.126. The molecule has 9 nitrogen and oxygen atoms in total. The number of carbonyl (C=O) groups is 2. The third-order valence-electron chi connectivity index (χ3n) is 5.83. The number of aryl methyl sites for hydroxylation is 1. The van der Waals surface area contributed by atoms with Crippen molar-refractivity contribution in [2.45, 2.75) is 56.3 Å². The number of benzene rings is 1. The molecule has 32 heavy (non-hydrogen) atoms. The molecule has 0 aliphatic heterocycles. The molecule has 0 atom stereocenters. The van der Waals surface area contributed by atoms with Crippen LogP contribution in [-0.2, 0) is 16.1 Å². The summed E-state index contributed by atoms with van der Waals surface area (Å²) >= 11 is 1.27. The van der Waals surface area contributed by atoms with E-state index in [1.807, 2.05) is 18.2 Å². The molecule has 0 unspecified atom stereocenters. The number of rotatable bonds is 7. The van der Waals surface area contributed by atoms with Gasteiger partial charge >= 0.3 is 0 Å². The summed E-state index contributed by atoms with van der Waals surface area (Å²) in [6.45, 7) is 0.213. The van der Waals surface area contributed by atoms with Gasteiger partial charge in [-0.15, -0.1) is 10.2 Å². The van der Waals surface area contributed by atoms with Crippen LogP contribution in [0, 0.1) is 0 Å². The third kappa shape index (κ3) is 4.64. The van der Waals surface area contributed by atoms with Crippen molar-refractivity contribution in [2.75, 3.05) is 19.8 Å². The largest absolute Gasteiger partial charge is 0.353 e. The van der Waals surface area contributed by atoms with Crippen molar-refractivity contribution in [2.24, 2.45) is 0 Å². The zero-order valence-corrected chi connectivity index (χ0v) is 19.2. The SMILES string of the molecule is CN(C)C(=O)CSc1nnc2n(CCC(=O)NC3CCCCC3)c(=O)c3ccccc3n12. The third-order valence-corrected chi connectivity index (χ3v) is 6.75. The van der Waals surface area contributed by atoms with Gasteiger partial charge in [0.05, 0.1) is 16.7 Å². The predicted molar refractivity (Wildman–Crippen MR) is 124 cm³/mol. The Morgan fingerprint density at radius 1 is 1.16 bits per heavy atom. The Kier molecular flexibility index (Phi) is 6.78. The highest BCUT2D eigenvalue weighted by atomic mass is 32.2. The molecule has 0 radical (unpaired) electrons. The topological polar surface area (TPSA) is 102 Å². The van der Waals surface area contributed by atoms with Crippen LogP contribution in [0.5, 0.6) is 0 Å². The number of hydrogen-bond acceptors (Lipinski definition) is 6. The van der Waals surface area contributed by atoms with Crippen molar-refractivity contribution in [3.05, 3.63) is 34.6 Å². The molecule has 4 rings (SSSR count). The highest BCUT2D eigenvalue weighted by molar-refractivity contribution is 7.99. The number of nitrogens with one attached hydrogen (secondary N) is 1. The van der Waals surface area contributed by atoms with Gasteiger partial charge < -0.3 is 10.2 Å². The van der Waals surface area contributed by atoms with Crippen molar-refractivity contribution >= 4 is 40.3 Å². The molecule has 2 aromatic heterocycles. The van der Waals surface area contributed by atoms with Crippen molar-refractivity contribution in [3.63, 3.8) is 0 Å². The second-order valence-corrected chi connectivity index (χ2v) is 9.26. The maximum atomic E-state index is 13.2. The van der Waals surface area contributed by atoms with E-state index in [2.05, 4.69) is 15.5 Å². The Balaban J connectivity index is 1.63. The fourth-order valence-corrected chi connectivity index (χ4v) is 4.96. The summed E-state index contributed by atoms with van der Waals surface area (Å²) in [4.78, 5) is 39.3. The van der Waals surface area contributed by atoms with Crippen molar-refractivity contribution in [1.29, 1.82) is 0 Å². The van der Waals surface area contributed by atoms with Gasteiger partial charge in [-0.2, -0.15) is 0 Å². The van der Waals surface area contributed by atoms with E-state index in [0.717, 1.165) is 25.7 Å². The monoisotopic (exact) mass is 456 g/mol. The molecule has 0 saturated heterocycles. The molecule has 2 amide bonds. The van der Waals surface area contributed by atoms with Crippen molar-refractivity contribution < 1.29 is 9.59 Å². The fourth-order valence-electron chi connectivity index (χ4n) is 4.04. The fraction of sp³-hybridized carbons (Fsp3) is 0.500. The molecule has 1 aromatic carbocycles. The molecule has 2 heterocycles. The summed E-state index contributed by atoms with van der Waals surface area (Å²) in [5, 5.41) is 12.6. The molecular weight excluding hydrogens is 428 g/mol. The molecular formula is C22H28N6O3S. The van der Waals surface area contributed by atoms with Crippen LogP contribution < -0.4 is 10.9 Å². The minimum Gasteiger partial charge on any atom is -0.353 e. The number of carbonyl (C=O) groups excluding carboxylic acids is 2. The molecule has 1 aliphatic rings. The molecule has 3 aromatic rings. The van der Waals surface area contributed by atoms with Gasteiger partial charge in [-0.25, -0.2) is 0 Å². The van der Waals surface area contributed by atoms with E-state index in [0.29, 0.717) is 21.8 Å². The summed E-state index contributed by atoms with van der Waals surface area (Å²) in [7, 11) is 3.41. The molecule has 1 aliphatic carbocycles. The number of amides is 2. The highest BCUT2D eigenvalue weighted by Gasteiger charge is 2.20. The van der Waals surface area contributed by atoms with Crippen LogP contribution in [0.3, 0.4) is 0 Å². The molecule has 0 spiro atoms. The second-order valence-electron chi connectivity index (χ2n) is 8.32. The lowest BCUT2D eigenvalue weighted by atomic mass is 9.95. The number of fused-ring (bicyclic) bond motifs is 3. The summed E-state index contributed by atoms with van der Waals surface area (Å²) in [5.41, 5.74) is 0.479. The van der Waals surface area contributed by atoms with Gasteiger partial charge in [0.2, 0.25) is 17.6 Å². The molecule has 1 fully saturated rings. The van der Waals surface area contributed by atoms with Crippen LogP contribution in [0.4, 0.5) is 0 Å². The Hall–Kier alpha value is -2.88. The van der Waals surface area contributed by atoms with Crippen LogP contribution in [0.2, 0.25) is 0 Å². The molecule has 170 valence electrons. The second kappa shape index (κ2) is 9.72. The summed E-state index contributed by atoms with van der Waals surface area (Å²) in [5.74, 6) is 0.494. The van der Waals surface area contributed by atoms with Crippen LogP contribution >= 0.6 is 11.8 Å². The maximum absolute atomic E-state index is 13.2. The lowest BCUT2D eigenvalue weighted by Crippen LogP contribution is -2.37. The zero-order valence-electron chi connectivity index (χ0n) is 18.4. The maximum Gasteiger partial charge on any atom is 0.262 e. The summed E-state index contributed by atoms with van der Waals surface area (Å²) < 4.78 is 3.30. The summed E-state index contributed by atoms with van der Waals surface area (Å²) in [6, 6.07) is 7.49. The Morgan fingerprint density at radius 2 is 1.91 bits per heavy atom. The van der Waals surface area contributed by atoms with Gasteiger partial charge in [0, 0.05) is 33.1 Å². The first-order valence-corrected chi connectivity index (χ1v) is 11.9. The first-order valence-electron chi connectivity index (χ1n) is 10.9. The average molecular weight is 457 g/mol. The van der Waals surface area contributed by atoms with E-state index in [9.17, 15) is 14.4 Å². The Bertz CT molecular complexity index is 1200. The minimum atomic E-state index is -0.202. The smallest absolute Gasteiger partial charge is 0.262 e. The number of nitrogens with zero attached hydrogens (tertiary/aromatic N) is 5. The van der Waals surface area contributed by atoms with E-state index in [4.69, 9.17) is 0 Å². The quantitative estimate of drug-likeness (QED) is 0.546. The Labute approximate surface area is 190 Å². The average Bonchev–Trinajstić information content (AvgIpc) is 3.22. The number of para-hydroxylation sites is 1. The summed E-state index contributed by atoms with van der Waals surface area (Å²) in [6.07, 6.45) is 5.74. The lowest BCUT2D eigenvalue weighted by Gasteiger charge is -2.22. The van der Waals surface area contributed by atoms with E-state index in [1.165, 1.54) is 27.6 Å². The van der Waals surface area contributed by atoms with Crippen LogP contribution in [0.1, 0.15) is 38.5 Å². The van der Waals surface area contributed by atoms with Crippen molar-refractivity contribution in [3.8, 4) is 0 Å². The number of hydrogen-bond donors (Lipinski definition) is 1. The van der Waals surface area contributed by atoms with Gasteiger partial charge in [-0.1, -0.05) is 43.2 Å². The van der Waals surface area contributed by atoms with Gasteiger partial charge in [0.15, 0.2) is 5.16 Å². The van der Waals surface area contributed by atoms with Crippen LogP contribution in [0.25, 0.3) is 16.7 Å². The number of thioether (sulfide) groups is 1. The van der Waals surface area contributed by atoms with Gasteiger partial charge in [-0.05, 0) is 25.0 Å². The first kappa shape index (κ1) is 22.3. The first-order chi connectivity index (χ1) is 15.5. The molecule has 10 heteroatoms.